The fourth-order valence-corrected chi connectivity index (χ4v) is 0.697. The van der Waals surface area contributed by atoms with Gasteiger partial charge in [-0.05, 0) is 0 Å². The van der Waals surface area contributed by atoms with Gasteiger partial charge in [0.25, 0.3) is 0 Å². The van der Waals surface area contributed by atoms with E-state index in [1.54, 1.807) is 0 Å². The van der Waals surface area contributed by atoms with Gasteiger partial charge in [-0.25, -0.2) is 0 Å². The van der Waals surface area contributed by atoms with Crippen molar-refractivity contribution in [3.8, 4) is 6.07 Å². The van der Waals surface area contributed by atoms with Gasteiger partial charge in [-0.1, -0.05) is 23.2 Å². The highest BCUT2D eigenvalue weighted by molar-refractivity contribution is 6.48. The van der Waals surface area contributed by atoms with Gasteiger partial charge in [0.2, 0.25) is 4.52 Å². The molecule has 0 radical (unpaired) electrons. The van der Waals surface area contributed by atoms with E-state index in [2.05, 4.69) is 0 Å². The predicted octanol–water partition coefficient (Wildman–Crippen LogP) is 0.719. The lowest BCUT2D eigenvalue weighted by atomic mass is 10.3. The first-order valence-electron chi connectivity index (χ1n) is 2.42. The van der Waals surface area contributed by atoms with E-state index in [4.69, 9.17) is 32.9 Å². The first kappa shape index (κ1) is 9.25. The summed E-state index contributed by atoms with van der Waals surface area (Å²) in [7, 11) is 0.491. The number of hydrogen-bond acceptors (Lipinski definition) is 2. The second kappa shape index (κ2) is 4.12. The van der Waals surface area contributed by atoms with Crippen LogP contribution in [-0.2, 0) is 4.43 Å². The molecule has 0 atom stereocenters. The molecular weight excluding hydrogens is 177 g/mol. The maximum Gasteiger partial charge on any atom is 0.208 e. The largest absolute Gasteiger partial charge is 0.399 e. The summed E-state index contributed by atoms with van der Waals surface area (Å²) in [5.74, 6) is 0. The van der Waals surface area contributed by atoms with E-state index in [9.17, 15) is 0 Å². The fraction of sp³-hybridized carbons (Fsp3) is 0.750. The molecule has 0 aliphatic rings. The van der Waals surface area contributed by atoms with Crippen molar-refractivity contribution < 1.29 is 4.43 Å². The number of halogens is 2. The van der Waals surface area contributed by atoms with Crippen molar-refractivity contribution in [3.05, 3.63) is 0 Å². The molecule has 0 aromatic rings. The van der Waals surface area contributed by atoms with Crippen molar-refractivity contribution in [1.29, 1.82) is 5.26 Å². The molecule has 0 aromatic heterocycles. The van der Waals surface area contributed by atoms with Gasteiger partial charge >= 0.3 is 0 Å². The molecule has 0 unspecified atom stereocenters. The number of nitrogens with zero attached hydrogens (tertiary/aromatic N) is 1. The first-order valence-corrected chi connectivity index (χ1v) is 3.99. The number of hydrogen-bond donors (Lipinski definition) is 0. The Morgan fingerprint density at radius 3 is 2.56 bits per heavy atom. The van der Waals surface area contributed by atoms with E-state index >= 15 is 0 Å². The van der Waals surface area contributed by atoms with Crippen LogP contribution in [0.5, 0.6) is 0 Å². The van der Waals surface area contributed by atoms with Crippen LogP contribution in [0.1, 0.15) is 12.8 Å². The summed E-state index contributed by atoms with van der Waals surface area (Å²) >= 11 is 11.1. The van der Waals surface area contributed by atoms with E-state index in [0.717, 1.165) is 0 Å². The quantitative estimate of drug-likeness (QED) is 0.478. The molecule has 0 fully saturated rings. The van der Waals surface area contributed by atoms with Crippen LogP contribution in [0.15, 0.2) is 0 Å². The molecule has 0 bridgehead atoms. The van der Waals surface area contributed by atoms with Gasteiger partial charge < -0.3 is 4.43 Å². The van der Waals surface area contributed by atoms with E-state index in [1.165, 1.54) is 0 Å². The summed E-state index contributed by atoms with van der Waals surface area (Å²) in [5.41, 5.74) is 0. The van der Waals surface area contributed by atoms with Crippen molar-refractivity contribution in [1.82, 2.24) is 0 Å². The Kier molecular flexibility index (Phi) is 4.24. The molecular formula is C4H7Cl2NOSi. The normalized spacial score (nSPS) is 11.2. The minimum Gasteiger partial charge on any atom is -0.399 e. The number of nitriles is 1. The summed E-state index contributed by atoms with van der Waals surface area (Å²) in [5, 5.41) is 8.11. The molecule has 0 spiro atoms. The SMILES string of the molecule is N#CCCC(Cl)(Cl)O[SiH3]. The van der Waals surface area contributed by atoms with E-state index in [0.29, 0.717) is 23.3 Å². The Morgan fingerprint density at radius 1 is 1.67 bits per heavy atom. The van der Waals surface area contributed by atoms with Crippen LogP contribution in [-0.4, -0.2) is 15.0 Å². The van der Waals surface area contributed by atoms with Crippen molar-refractivity contribution in [2.75, 3.05) is 0 Å². The fourth-order valence-electron chi connectivity index (χ4n) is 0.303. The van der Waals surface area contributed by atoms with Crippen LogP contribution in [0.3, 0.4) is 0 Å². The van der Waals surface area contributed by atoms with Crippen molar-refractivity contribution in [3.63, 3.8) is 0 Å². The van der Waals surface area contributed by atoms with Crippen LogP contribution < -0.4 is 0 Å². The Labute approximate surface area is 67.2 Å². The molecule has 0 saturated heterocycles. The molecule has 9 heavy (non-hydrogen) atoms. The average Bonchev–Trinajstić information content (AvgIpc) is 1.84. The van der Waals surface area contributed by atoms with Gasteiger partial charge in [-0.3, -0.25) is 0 Å². The molecule has 0 rings (SSSR count). The molecule has 0 aromatic carbocycles. The zero-order valence-corrected chi connectivity index (χ0v) is 8.54. The molecule has 0 aliphatic carbocycles. The summed E-state index contributed by atoms with van der Waals surface area (Å²) in [6, 6.07) is 1.92. The molecule has 52 valence electrons. The summed E-state index contributed by atoms with van der Waals surface area (Å²) in [6.45, 7) is 0. The minimum atomic E-state index is -1.12. The Morgan fingerprint density at radius 2 is 2.22 bits per heavy atom. The zero-order valence-electron chi connectivity index (χ0n) is 5.03. The van der Waals surface area contributed by atoms with Gasteiger partial charge in [0.05, 0.1) is 6.07 Å². The smallest absolute Gasteiger partial charge is 0.208 e. The molecule has 0 amide bonds. The van der Waals surface area contributed by atoms with Crippen LogP contribution >= 0.6 is 23.2 Å². The van der Waals surface area contributed by atoms with Crippen LogP contribution in [0.4, 0.5) is 0 Å². The number of alkyl halides is 2. The molecule has 5 heteroatoms. The van der Waals surface area contributed by atoms with Gasteiger partial charge in [0.1, 0.15) is 10.5 Å². The van der Waals surface area contributed by atoms with Crippen LogP contribution in [0.25, 0.3) is 0 Å². The predicted molar refractivity (Wildman–Crippen MR) is 40.3 cm³/mol. The third kappa shape index (κ3) is 4.73. The second-order valence-electron chi connectivity index (χ2n) is 1.50. The van der Waals surface area contributed by atoms with Gasteiger partial charge in [0.15, 0.2) is 0 Å². The lowest BCUT2D eigenvalue weighted by Crippen LogP contribution is -2.15. The van der Waals surface area contributed by atoms with Crippen molar-refractivity contribution in [2.45, 2.75) is 17.4 Å². The standard InChI is InChI=1S/C4H7Cl2NOSi/c5-4(6,8-9)2-1-3-7/h1-2H2,9H3. The molecule has 0 aliphatic heterocycles. The van der Waals surface area contributed by atoms with Crippen LogP contribution in [0.2, 0.25) is 0 Å². The second-order valence-corrected chi connectivity index (χ2v) is 3.32. The minimum absolute atomic E-state index is 0.329. The topological polar surface area (TPSA) is 33.0 Å². The lowest BCUT2D eigenvalue weighted by molar-refractivity contribution is 0.256. The summed E-state index contributed by atoms with van der Waals surface area (Å²) in [4.78, 5) is 0. The zero-order chi connectivity index (χ0) is 7.33. The van der Waals surface area contributed by atoms with Crippen LogP contribution in [0, 0.1) is 11.3 Å². The van der Waals surface area contributed by atoms with Crippen molar-refractivity contribution >= 4 is 33.7 Å². The van der Waals surface area contributed by atoms with Gasteiger partial charge in [-0.15, -0.1) is 0 Å². The van der Waals surface area contributed by atoms with Gasteiger partial charge in [0, 0.05) is 12.8 Å². The summed E-state index contributed by atoms with van der Waals surface area (Å²) < 4.78 is 3.64. The number of rotatable bonds is 3. The molecule has 0 saturated carbocycles. The van der Waals surface area contributed by atoms with E-state index in [1.807, 2.05) is 6.07 Å². The highest BCUT2D eigenvalue weighted by Gasteiger charge is 2.20. The average molecular weight is 184 g/mol. The van der Waals surface area contributed by atoms with Crippen molar-refractivity contribution in [2.24, 2.45) is 0 Å². The monoisotopic (exact) mass is 183 g/mol. The Balaban J connectivity index is 3.48. The van der Waals surface area contributed by atoms with E-state index < -0.39 is 4.52 Å². The molecule has 2 nitrogen and oxygen atoms in total. The molecule has 0 N–H and O–H groups in total. The van der Waals surface area contributed by atoms with Gasteiger partial charge in [-0.2, -0.15) is 5.26 Å². The Bertz CT molecular complexity index is 122. The third-order valence-electron chi connectivity index (χ3n) is 0.826. The highest BCUT2D eigenvalue weighted by atomic mass is 35.5. The third-order valence-corrected chi connectivity index (χ3v) is 2.73. The Hall–Kier alpha value is 0.247. The first-order chi connectivity index (χ1) is 4.12. The highest BCUT2D eigenvalue weighted by Crippen LogP contribution is 2.26. The summed E-state index contributed by atoms with van der Waals surface area (Å²) in [6.07, 6.45) is 0.700. The maximum absolute atomic E-state index is 8.11. The van der Waals surface area contributed by atoms with E-state index in [-0.39, 0.29) is 0 Å². The lowest BCUT2D eigenvalue weighted by Gasteiger charge is -2.15. The maximum atomic E-state index is 8.11. The molecule has 0 heterocycles.